The Morgan fingerprint density at radius 3 is 2.68 bits per heavy atom. The van der Waals surface area contributed by atoms with Crippen molar-refractivity contribution in [1.29, 1.82) is 0 Å². The molecule has 2 rings (SSSR count). The van der Waals surface area contributed by atoms with Gasteiger partial charge < -0.3 is 14.7 Å². The van der Waals surface area contributed by atoms with Gasteiger partial charge in [0.05, 0.1) is 23.7 Å². The molecule has 6 heteroatoms. The number of carbonyl (C=O) groups is 2. The highest BCUT2D eigenvalue weighted by Crippen LogP contribution is 2.40. The van der Waals surface area contributed by atoms with Crippen molar-refractivity contribution in [3.05, 3.63) is 23.8 Å². The van der Waals surface area contributed by atoms with Crippen LogP contribution in [0.4, 0.5) is 5.69 Å². The van der Waals surface area contributed by atoms with Gasteiger partial charge in [0.15, 0.2) is 0 Å². The summed E-state index contributed by atoms with van der Waals surface area (Å²) < 4.78 is 5.81. The molecule has 0 bridgehead atoms. The number of amides is 1. The zero-order valence-electron chi connectivity index (χ0n) is 13.1. The summed E-state index contributed by atoms with van der Waals surface area (Å²) in [4.78, 5) is 24.6. The van der Waals surface area contributed by atoms with Crippen LogP contribution < -0.4 is 9.64 Å². The van der Waals surface area contributed by atoms with Crippen LogP contribution in [0.3, 0.4) is 0 Å². The number of nitrogens with zero attached hydrogens (tertiary/aromatic N) is 1. The molecule has 0 unspecified atom stereocenters. The molecule has 120 valence electrons. The lowest BCUT2D eigenvalue weighted by Gasteiger charge is -2.33. The molecule has 1 aliphatic heterocycles. The fraction of sp³-hybridized carbons (Fsp3) is 0.500. The second kappa shape index (κ2) is 6.60. The molecule has 0 saturated heterocycles. The molecule has 0 aromatic heterocycles. The van der Waals surface area contributed by atoms with E-state index in [9.17, 15) is 9.59 Å². The summed E-state index contributed by atoms with van der Waals surface area (Å²) >= 11 is 1.12. The van der Waals surface area contributed by atoms with E-state index in [1.54, 1.807) is 4.90 Å². The van der Waals surface area contributed by atoms with Gasteiger partial charge in [-0.15, -0.1) is 11.8 Å². The van der Waals surface area contributed by atoms with Crippen LogP contribution in [0.1, 0.15) is 26.3 Å². The highest BCUT2D eigenvalue weighted by Gasteiger charge is 2.29. The van der Waals surface area contributed by atoms with E-state index in [2.05, 4.69) is 20.8 Å². The molecule has 1 aliphatic rings. The largest absolute Gasteiger partial charge is 0.489 e. The zero-order valence-corrected chi connectivity index (χ0v) is 13.9. The van der Waals surface area contributed by atoms with Gasteiger partial charge in [-0.3, -0.25) is 9.59 Å². The Balaban J connectivity index is 2.22. The van der Waals surface area contributed by atoms with Gasteiger partial charge in [0.2, 0.25) is 5.91 Å². The average molecular weight is 323 g/mol. The molecule has 0 atom stereocenters. The van der Waals surface area contributed by atoms with Crippen LogP contribution in [0, 0.1) is 0 Å². The molecule has 22 heavy (non-hydrogen) atoms. The normalized spacial score (nSPS) is 14.2. The lowest BCUT2D eigenvalue weighted by Crippen LogP contribution is -2.39. The summed E-state index contributed by atoms with van der Waals surface area (Å²) in [6.45, 7) is 7.27. The van der Waals surface area contributed by atoms with Crippen LogP contribution >= 0.6 is 11.8 Å². The summed E-state index contributed by atoms with van der Waals surface area (Å²) in [5.74, 6) is -0.133. The van der Waals surface area contributed by atoms with Crippen molar-refractivity contribution in [2.45, 2.75) is 26.2 Å². The van der Waals surface area contributed by atoms with Crippen molar-refractivity contribution < 1.29 is 19.4 Å². The van der Waals surface area contributed by atoms with Gasteiger partial charge in [0.1, 0.15) is 12.4 Å². The first kappa shape index (κ1) is 16.7. The first-order valence-electron chi connectivity index (χ1n) is 7.17. The van der Waals surface area contributed by atoms with E-state index in [1.807, 2.05) is 18.2 Å². The van der Waals surface area contributed by atoms with Gasteiger partial charge in [-0.2, -0.15) is 0 Å². The molecule has 1 aromatic carbocycles. The average Bonchev–Trinajstić information content (AvgIpc) is 2.44. The molecule has 0 radical (unpaired) electrons. The van der Waals surface area contributed by atoms with Crippen molar-refractivity contribution in [2.75, 3.05) is 29.6 Å². The number of anilines is 1. The van der Waals surface area contributed by atoms with Gasteiger partial charge in [-0.05, 0) is 11.5 Å². The predicted octanol–water partition coefficient (Wildman–Crippen LogP) is 2.53. The molecule has 0 fully saturated rings. The third-order valence-corrected chi connectivity index (χ3v) is 4.31. The van der Waals surface area contributed by atoms with Crippen LogP contribution in [0.15, 0.2) is 18.2 Å². The van der Waals surface area contributed by atoms with Crippen molar-refractivity contribution in [3.63, 3.8) is 0 Å². The molecule has 5 nitrogen and oxygen atoms in total. The molecular formula is C16H21NO4S. The molecule has 0 spiro atoms. The second-order valence-electron chi connectivity index (χ2n) is 6.18. The van der Waals surface area contributed by atoms with E-state index in [4.69, 9.17) is 9.84 Å². The summed E-state index contributed by atoms with van der Waals surface area (Å²) in [5.41, 5.74) is 1.77. The second-order valence-corrected chi connectivity index (χ2v) is 7.17. The number of carboxylic acid groups (broad SMARTS) is 1. The van der Waals surface area contributed by atoms with Crippen molar-refractivity contribution in [2.24, 2.45) is 0 Å². The Kier molecular flexibility index (Phi) is 5.01. The Hall–Kier alpha value is -1.69. The number of thioether (sulfide) groups is 1. The lowest BCUT2D eigenvalue weighted by molar-refractivity contribution is -0.133. The molecule has 1 heterocycles. The monoisotopic (exact) mass is 323 g/mol. The molecular weight excluding hydrogens is 302 g/mol. The maximum Gasteiger partial charge on any atom is 0.313 e. The number of ether oxygens (including phenoxy) is 1. The number of aliphatic carboxylic acids is 1. The summed E-state index contributed by atoms with van der Waals surface area (Å²) in [7, 11) is 0. The third kappa shape index (κ3) is 3.74. The molecule has 0 saturated carbocycles. The Morgan fingerprint density at radius 1 is 1.32 bits per heavy atom. The van der Waals surface area contributed by atoms with E-state index in [1.165, 1.54) is 0 Å². The van der Waals surface area contributed by atoms with Crippen molar-refractivity contribution >= 4 is 29.3 Å². The Morgan fingerprint density at radius 2 is 2.05 bits per heavy atom. The van der Waals surface area contributed by atoms with E-state index >= 15 is 0 Å². The number of hydrogen-bond acceptors (Lipinski definition) is 4. The van der Waals surface area contributed by atoms with Gasteiger partial charge in [-0.1, -0.05) is 32.9 Å². The first-order chi connectivity index (χ1) is 10.3. The van der Waals surface area contributed by atoms with Crippen molar-refractivity contribution in [3.8, 4) is 5.75 Å². The lowest BCUT2D eigenvalue weighted by atomic mass is 9.85. The topological polar surface area (TPSA) is 66.8 Å². The summed E-state index contributed by atoms with van der Waals surface area (Å²) in [5, 5.41) is 8.65. The van der Waals surface area contributed by atoms with E-state index in [-0.39, 0.29) is 22.8 Å². The van der Waals surface area contributed by atoms with Gasteiger partial charge in [0, 0.05) is 5.56 Å². The number of para-hydroxylation sites is 1. The molecule has 1 amide bonds. The van der Waals surface area contributed by atoms with Gasteiger partial charge in [0.25, 0.3) is 0 Å². The third-order valence-electron chi connectivity index (χ3n) is 3.41. The first-order valence-corrected chi connectivity index (χ1v) is 8.32. The minimum absolute atomic E-state index is 0.0645. The van der Waals surface area contributed by atoms with Crippen LogP contribution in [0.2, 0.25) is 0 Å². The van der Waals surface area contributed by atoms with E-state index < -0.39 is 5.97 Å². The van der Waals surface area contributed by atoms with Crippen LogP contribution in [0.25, 0.3) is 0 Å². The quantitative estimate of drug-likeness (QED) is 0.922. The molecule has 1 aromatic rings. The number of carbonyl (C=O) groups excluding carboxylic acids is 1. The highest BCUT2D eigenvalue weighted by molar-refractivity contribution is 8.00. The number of benzene rings is 1. The number of fused-ring (bicyclic) bond motifs is 1. The Labute approximate surface area is 134 Å². The van der Waals surface area contributed by atoms with Crippen LogP contribution in [0.5, 0.6) is 5.75 Å². The number of carboxylic acids is 1. The fourth-order valence-corrected chi connectivity index (χ4v) is 3.01. The van der Waals surface area contributed by atoms with Crippen LogP contribution in [-0.2, 0) is 15.0 Å². The highest BCUT2D eigenvalue weighted by atomic mass is 32.2. The SMILES string of the molecule is CC(C)(C)c1cccc2c1OCCN2C(=O)CSCC(=O)O. The molecule has 0 aliphatic carbocycles. The number of hydrogen-bond donors (Lipinski definition) is 1. The summed E-state index contributed by atoms with van der Waals surface area (Å²) in [6.07, 6.45) is 0. The Bertz CT molecular complexity index is 580. The van der Waals surface area contributed by atoms with Crippen molar-refractivity contribution in [1.82, 2.24) is 0 Å². The smallest absolute Gasteiger partial charge is 0.313 e. The van der Waals surface area contributed by atoms with Gasteiger partial charge >= 0.3 is 5.97 Å². The van der Waals surface area contributed by atoms with E-state index in [0.29, 0.717) is 13.2 Å². The van der Waals surface area contributed by atoms with E-state index in [0.717, 1.165) is 28.8 Å². The minimum Gasteiger partial charge on any atom is -0.489 e. The maximum absolute atomic E-state index is 12.4. The standard InChI is InChI=1S/C16H21NO4S/c1-16(2,3)11-5-4-6-12-15(11)21-8-7-17(12)13(18)9-22-10-14(19)20/h4-6H,7-10H2,1-3H3,(H,19,20). The molecule has 1 N–H and O–H groups in total. The summed E-state index contributed by atoms with van der Waals surface area (Å²) in [6, 6.07) is 5.83. The minimum atomic E-state index is -0.907. The predicted molar refractivity (Wildman–Crippen MR) is 88.0 cm³/mol. The maximum atomic E-state index is 12.4. The fourth-order valence-electron chi connectivity index (χ4n) is 2.40. The van der Waals surface area contributed by atoms with Crippen LogP contribution in [-0.4, -0.2) is 41.6 Å². The number of rotatable bonds is 4. The zero-order chi connectivity index (χ0) is 16.3. The van der Waals surface area contributed by atoms with Gasteiger partial charge in [-0.25, -0.2) is 0 Å².